The number of thioether (sulfide) groups is 1. The SMILES string of the molecule is CCCSc1nc(=O)c2c(n1C)NC(=O)C[C@@H]2c1ccc(OCC(C)C)cc1. The van der Waals surface area contributed by atoms with E-state index >= 15 is 0 Å². The van der Waals surface area contributed by atoms with Gasteiger partial charge in [-0.25, -0.2) is 0 Å². The van der Waals surface area contributed by atoms with E-state index in [-0.39, 0.29) is 23.8 Å². The smallest absolute Gasteiger partial charge is 0.279 e. The first-order chi connectivity index (χ1) is 13.4. The van der Waals surface area contributed by atoms with Crippen LogP contribution in [0.3, 0.4) is 0 Å². The average Bonchev–Trinajstić information content (AvgIpc) is 2.67. The van der Waals surface area contributed by atoms with Gasteiger partial charge in [-0.05, 0) is 30.0 Å². The normalized spacial score (nSPS) is 16.0. The summed E-state index contributed by atoms with van der Waals surface area (Å²) in [6.07, 6.45) is 1.22. The number of hydrogen-bond donors (Lipinski definition) is 1. The predicted molar refractivity (Wildman–Crippen MR) is 112 cm³/mol. The van der Waals surface area contributed by atoms with Gasteiger partial charge in [0.15, 0.2) is 5.16 Å². The topological polar surface area (TPSA) is 73.2 Å². The van der Waals surface area contributed by atoms with Gasteiger partial charge in [0.1, 0.15) is 11.6 Å². The van der Waals surface area contributed by atoms with Gasteiger partial charge >= 0.3 is 0 Å². The van der Waals surface area contributed by atoms with Gasteiger partial charge in [-0.1, -0.05) is 44.7 Å². The molecule has 1 aliphatic rings. The zero-order valence-corrected chi connectivity index (χ0v) is 17.6. The van der Waals surface area contributed by atoms with Crippen molar-refractivity contribution in [3.63, 3.8) is 0 Å². The number of carbonyl (C=O) groups is 1. The number of anilines is 1. The Balaban J connectivity index is 1.96. The summed E-state index contributed by atoms with van der Waals surface area (Å²) >= 11 is 1.53. The molecule has 0 bridgehead atoms. The maximum absolute atomic E-state index is 12.8. The van der Waals surface area contributed by atoms with Crippen molar-refractivity contribution in [2.75, 3.05) is 17.7 Å². The average molecular weight is 402 g/mol. The molecule has 1 aliphatic heterocycles. The number of nitrogens with one attached hydrogen (secondary N) is 1. The van der Waals surface area contributed by atoms with Crippen LogP contribution < -0.4 is 15.6 Å². The lowest BCUT2D eigenvalue weighted by Gasteiger charge is -2.27. The molecule has 0 fully saturated rings. The molecule has 1 aromatic heterocycles. The molecule has 7 heteroatoms. The third-order valence-corrected chi connectivity index (χ3v) is 5.84. The van der Waals surface area contributed by atoms with Gasteiger partial charge in [0.2, 0.25) is 5.91 Å². The quantitative estimate of drug-likeness (QED) is 0.564. The van der Waals surface area contributed by atoms with Gasteiger partial charge in [-0.3, -0.25) is 9.59 Å². The van der Waals surface area contributed by atoms with Crippen LogP contribution in [0.25, 0.3) is 0 Å². The van der Waals surface area contributed by atoms with Gasteiger partial charge in [0, 0.05) is 25.1 Å². The first-order valence-electron chi connectivity index (χ1n) is 9.67. The van der Waals surface area contributed by atoms with Crippen LogP contribution in [0.5, 0.6) is 5.75 Å². The molecule has 0 spiro atoms. The minimum Gasteiger partial charge on any atom is -0.493 e. The Morgan fingerprint density at radius 3 is 2.64 bits per heavy atom. The van der Waals surface area contributed by atoms with Crippen molar-refractivity contribution >= 4 is 23.5 Å². The fourth-order valence-corrected chi connectivity index (χ4v) is 4.02. The molecule has 1 atom stereocenters. The minimum absolute atomic E-state index is 0.0923. The maximum atomic E-state index is 12.8. The third-order valence-electron chi connectivity index (χ3n) is 4.60. The van der Waals surface area contributed by atoms with Gasteiger partial charge in [-0.2, -0.15) is 4.98 Å². The number of aromatic nitrogens is 2. The Kier molecular flexibility index (Phi) is 6.44. The summed E-state index contributed by atoms with van der Waals surface area (Å²) in [5.41, 5.74) is 1.21. The molecule has 0 saturated carbocycles. The van der Waals surface area contributed by atoms with Crippen LogP contribution in [0.2, 0.25) is 0 Å². The monoisotopic (exact) mass is 401 g/mol. The van der Waals surface area contributed by atoms with E-state index in [1.54, 1.807) is 0 Å². The number of hydrogen-bond acceptors (Lipinski definition) is 5. The van der Waals surface area contributed by atoms with Crippen LogP contribution >= 0.6 is 11.8 Å². The Labute approximate surface area is 169 Å². The molecular weight excluding hydrogens is 374 g/mol. The summed E-state index contributed by atoms with van der Waals surface area (Å²) in [6.45, 7) is 6.93. The molecule has 28 heavy (non-hydrogen) atoms. The van der Waals surface area contributed by atoms with E-state index < -0.39 is 0 Å². The Bertz CT molecular complexity index is 906. The summed E-state index contributed by atoms with van der Waals surface area (Å²) in [7, 11) is 1.84. The Hall–Kier alpha value is -2.28. The van der Waals surface area contributed by atoms with Crippen LogP contribution in [-0.4, -0.2) is 27.8 Å². The van der Waals surface area contributed by atoms with Gasteiger partial charge < -0.3 is 14.6 Å². The molecule has 6 nitrogen and oxygen atoms in total. The molecule has 2 heterocycles. The van der Waals surface area contributed by atoms with Crippen molar-refractivity contribution < 1.29 is 9.53 Å². The maximum Gasteiger partial charge on any atom is 0.279 e. The third kappa shape index (κ3) is 4.41. The number of benzene rings is 1. The van der Waals surface area contributed by atoms with Crippen molar-refractivity contribution in [1.82, 2.24) is 9.55 Å². The largest absolute Gasteiger partial charge is 0.493 e. The summed E-state index contributed by atoms with van der Waals surface area (Å²) in [4.78, 5) is 29.5. The number of ether oxygens (including phenoxy) is 1. The highest BCUT2D eigenvalue weighted by atomic mass is 32.2. The predicted octanol–water partition coefficient (Wildman–Crippen LogP) is 3.79. The van der Waals surface area contributed by atoms with Gasteiger partial charge in [0.05, 0.1) is 12.2 Å². The van der Waals surface area contributed by atoms with Crippen LogP contribution in [0.4, 0.5) is 5.82 Å². The zero-order chi connectivity index (χ0) is 20.3. The van der Waals surface area contributed by atoms with E-state index in [1.807, 2.05) is 35.9 Å². The van der Waals surface area contributed by atoms with Crippen LogP contribution in [0.15, 0.2) is 34.2 Å². The van der Waals surface area contributed by atoms with Gasteiger partial charge in [-0.15, -0.1) is 0 Å². The Morgan fingerprint density at radius 2 is 2.00 bits per heavy atom. The minimum atomic E-state index is -0.306. The summed E-state index contributed by atoms with van der Waals surface area (Å²) < 4.78 is 7.56. The van der Waals surface area contributed by atoms with E-state index in [0.29, 0.717) is 29.1 Å². The second kappa shape index (κ2) is 8.82. The number of carbonyl (C=O) groups excluding carboxylic acids is 1. The summed E-state index contributed by atoms with van der Waals surface area (Å²) in [5, 5.41) is 3.50. The van der Waals surface area contributed by atoms with Crippen LogP contribution in [-0.2, 0) is 11.8 Å². The highest BCUT2D eigenvalue weighted by Gasteiger charge is 2.32. The number of amides is 1. The van der Waals surface area contributed by atoms with E-state index in [4.69, 9.17) is 4.74 Å². The van der Waals surface area contributed by atoms with Crippen LogP contribution in [0, 0.1) is 5.92 Å². The molecular formula is C21H27N3O3S. The highest BCUT2D eigenvalue weighted by Crippen LogP contribution is 2.36. The number of rotatable bonds is 7. The number of nitrogens with zero attached hydrogens (tertiary/aromatic N) is 2. The van der Waals surface area contributed by atoms with Crippen molar-refractivity contribution in [3.05, 3.63) is 45.7 Å². The van der Waals surface area contributed by atoms with E-state index in [2.05, 4.69) is 31.1 Å². The second-order valence-electron chi connectivity index (χ2n) is 7.45. The molecule has 150 valence electrons. The van der Waals surface area contributed by atoms with Gasteiger partial charge in [0.25, 0.3) is 5.56 Å². The highest BCUT2D eigenvalue weighted by molar-refractivity contribution is 7.99. The summed E-state index contributed by atoms with van der Waals surface area (Å²) in [6, 6.07) is 7.66. The lowest BCUT2D eigenvalue weighted by atomic mass is 9.87. The van der Waals surface area contributed by atoms with Crippen molar-refractivity contribution in [3.8, 4) is 5.75 Å². The lowest BCUT2D eigenvalue weighted by Crippen LogP contribution is -2.33. The standard InChI is InChI=1S/C21H27N3O3S/c1-5-10-28-21-23-20(26)18-16(11-17(25)22-19(18)24(21)4)14-6-8-15(9-7-14)27-12-13(2)3/h6-9,13,16H,5,10-12H2,1-4H3,(H,22,25)/t16-/m1/s1. The van der Waals surface area contributed by atoms with E-state index in [0.717, 1.165) is 23.5 Å². The van der Waals surface area contributed by atoms with E-state index in [1.165, 1.54) is 11.8 Å². The first-order valence-corrected chi connectivity index (χ1v) is 10.7. The second-order valence-corrected chi connectivity index (χ2v) is 8.51. The molecule has 2 aromatic rings. The molecule has 0 saturated heterocycles. The van der Waals surface area contributed by atoms with Crippen molar-refractivity contribution in [2.24, 2.45) is 13.0 Å². The van der Waals surface area contributed by atoms with E-state index in [9.17, 15) is 9.59 Å². The zero-order valence-electron chi connectivity index (χ0n) is 16.8. The summed E-state index contributed by atoms with van der Waals surface area (Å²) in [5.74, 6) is 2.26. The fraction of sp³-hybridized carbons (Fsp3) is 0.476. The Morgan fingerprint density at radius 1 is 1.29 bits per heavy atom. The molecule has 3 rings (SSSR count). The number of fused-ring (bicyclic) bond motifs is 1. The fourth-order valence-electron chi connectivity index (χ4n) is 3.20. The molecule has 1 aromatic carbocycles. The molecule has 1 N–H and O–H groups in total. The lowest BCUT2D eigenvalue weighted by molar-refractivity contribution is -0.116. The van der Waals surface area contributed by atoms with Crippen LogP contribution in [0.1, 0.15) is 50.7 Å². The molecule has 0 radical (unpaired) electrons. The first kappa shape index (κ1) is 20.5. The molecule has 1 amide bonds. The molecule has 0 aliphatic carbocycles. The molecule has 0 unspecified atom stereocenters. The van der Waals surface area contributed by atoms with Crippen molar-refractivity contribution in [1.29, 1.82) is 0 Å². The van der Waals surface area contributed by atoms with Crippen molar-refractivity contribution in [2.45, 2.75) is 44.7 Å².